The average molecular weight is 545 g/mol. The van der Waals surface area contributed by atoms with Gasteiger partial charge >= 0.3 is 6.18 Å². The van der Waals surface area contributed by atoms with E-state index in [1.807, 2.05) is 17.9 Å². The Morgan fingerprint density at radius 1 is 1.23 bits per heavy atom. The highest BCUT2D eigenvalue weighted by molar-refractivity contribution is 14.0. The van der Waals surface area contributed by atoms with Crippen LogP contribution in [-0.4, -0.2) is 86.0 Å². The van der Waals surface area contributed by atoms with Gasteiger partial charge in [0.15, 0.2) is 5.96 Å². The lowest BCUT2D eigenvalue weighted by molar-refractivity contribution is -0.181. The van der Waals surface area contributed by atoms with Crippen LogP contribution in [-0.2, 0) is 11.3 Å². The van der Waals surface area contributed by atoms with Gasteiger partial charge in [0.1, 0.15) is 12.6 Å². The maximum absolute atomic E-state index is 12.9. The number of aliphatic imine (C=N–C) groups is 1. The molecule has 1 unspecified atom stereocenters. The first-order valence-corrected chi connectivity index (χ1v) is 9.75. The summed E-state index contributed by atoms with van der Waals surface area (Å²) in [6.07, 6.45) is -2.49. The van der Waals surface area contributed by atoms with Crippen LogP contribution in [0.25, 0.3) is 0 Å². The topological polar surface area (TPSA) is 62.2 Å². The average Bonchev–Trinajstić information content (AvgIpc) is 2.71. The number of halogens is 4. The van der Waals surface area contributed by atoms with E-state index in [2.05, 4.69) is 15.3 Å². The number of methoxy groups -OCH3 is 1. The fraction of sp³-hybridized carbons (Fsp3) is 0.684. The van der Waals surface area contributed by atoms with E-state index < -0.39 is 12.2 Å². The molecule has 0 amide bonds. The summed E-state index contributed by atoms with van der Waals surface area (Å²) >= 11 is 0. The molecule has 1 saturated heterocycles. The smallest absolute Gasteiger partial charge is 0.403 e. The molecule has 2 rings (SSSR count). The SMILES string of the molecule is CCNC(=NCc1ccc(OCCOC)nc1)N1CCN(C(C)C(F)(F)F)CC1.I. The molecule has 11 heteroatoms. The fourth-order valence-corrected chi connectivity index (χ4v) is 2.94. The second kappa shape index (κ2) is 13.2. The Balaban J connectivity index is 0.00000450. The lowest BCUT2D eigenvalue weighted by atomic mass is 10.2. The van der Waals surface area contributed by atoms with E-state index in [4.69, 9.17) is 9.47 Å². The second-order valence-electron chi connectivity index (χ2n) is 6.76. The lowest BCUT2D eigenvalue weighted by Crippen LogP contribution is -2.56. The molecule has 0 radical (unpaired) electrons. The second-order valence-corrected chi connectivity index (χ2v) is 6.76. The molecule has 1 atom stereocenters. The molecule has 7 nitrogen and oxygen atoms in total. The third-order valence-electron chi connectivity index (χ3n) is 4.72. The van der Waals surface area contributed by atoms with Crippen molar-refractivity contribution < 1.29 is 22.6 Å². The quantitative estimate of drug-likeness (QED) is 0.235. The monoisotopic (exact) mass is 545 g/mol. The normalized spacial score (nSPS) is 16.7. The van der Waals surface area contributed by atoms with Gasteiger partial charge in [0.05, 0.1) is 13.2 Å². The van der Waals surface area contributed by atoms with Gasteiger partial charge in [-0.25, -0.2) is 9.98 Å². The largest absolute Gasteiger partial charge is 0.475 e. The Labute approximate surface area is 193 Å². The van der Waals surface area contributed by atoms with Crippen molar-refractivity contribution in [3.05, 3.63) is 23.9 Å². The summed E-state index contributed by atoms with van der Waals surface area (Å²) in [5.74, 6) is 1.23. The third-order valence-corrected chi connectivity index (χ3v) is 4.72. The van der Waals surface area contributed by atoms with E-state index in [0.29, 0.717) is 64.3 Å². The first kappa shape index (κ1) is 26.7. The minimum atomic E-state index is -4.20. The van der Waals surface area contributed by atoms with Crippen molar-refractivity contribution in [3.8, 4) is 5.88 Å². The van der Waals surface area contributed by atoms with E-state index in [1.165, 1.54) is 11.8 Å². The van der Waals surface area contributed by atoms with Crippen LogP contribution in [0.3, 0.4) is 0 Å². The standard InChI is InChI=1S/C19H30F3N5O2.HI/c1-4-23-18(27-9-7-26(8-10-27)15(2)19(20,21)22)25-14-16-5-6-17(24-13-16)29-12-11-28-3;/h5-6,13,15H,4,7-12,14H2,1-3H3,(H,23,25);1H. The zero-order valence-corrected chi connectivity index (χ0v) is 19.9. The summed E-state index contributed by atoms with van der Waals surface area (Å²) in [5, 5.41) is 3.22. The molecule has 0 spiro atoms. The minimum absolute atomic E-state index is 0. The van der Waals surface area contributed by atoms with Gasteiger partial charge in [-0.15, -0.1) is 24.0 Å². The number of nitrogens with zero attached hydrogens (tertiary/aromatic N) is 4. The number of piperazine rings is 1. The molecule has 0 aromatic carbocycles. The summed E-state index contributed by atoms with van der Waals surface area (Å²) in [5.41, 5.74) is 0.920. The van der Waals surface area contributed by atoms with E-state index in [1.54, 1.807) is 19.4 Å². The number of pyridine rings is 1. The van der Waals surface area contributed by atoms with Crippen molar-refractivity contribution in [2.75, 3.05) is 53.0 Å². The van der Waals surface area contributed by atoms with Crippen LogP contribution < -0.4 is 10.1 Å². The first-order valence-electron chi connectivity index (χ1n) is 9.75. The number of alkyl halides is 3. The van der Waals surface area contributed by atoms with Crippen molar-refractivity contribution in [2.45, 2.75) is 32.6 Å². The number of hydrogen-bond donors (Lipinski definition) is 1. The Hall–Kier alpha value is -1.34. The Morgan fingerprint density at radius 2 is 1.93 bits per heavy atom. The molecule has 172 valence electrons. The minimum Gasteiger partial charge on any atom is -0.475 e. The molecule has 0 bridgehead atoms. The van der Waals surface area contributed by atoms with Crippen molar-refractivity contribution >= 4 is 29.9 Å². The molecule has 1 aromatic heterocycles. The number of aromatic nitrogens is 1. The molecule has 2 heterocycles. The molecule has 1 aromatic rings. The van der Waals surface area contributed by atoms with Gasteiger partial charge in [-0.3, -0.25) is 4.90 Å². The van der Waals surface area contributed by atoms with E-state index >= 15 is 0 Å². The Morgan fingerprint density at radius 3 is 2.47 bits per heavy atom. The zero-order chi connectivity index (χ0) is 21.3. The van der Waals surface area contributed by atoms with Gasteiger partial charge in [-0.2, -0.15) is 13.2 Å². The Kier molecular flexibility index (Phi) is 11.7. The van der Waals surface area contributed by atoms with Crippen LogP contribution in [0.1, 0.15) is 19.4 Å². The molecule has 30 heavy (non-hydrogen) atoms. The molecule has 1 N–H and O–H groups in total. The predicted molar refractivity (Wildman–Crippen MR) is 121 cm³/mol. The molecule has 1 aliphatic rings. The van der Waals surface area contributed by atoms with Crippen LogP contribution in [0.2, 0.25) is 0 Å². The summed E-state index contributed by atoms with van der Waals surface area (Å²) in [7, 11) is 1.61. The zero-order valence-electron chi connectivity index (χ0n) is 17.6. The van der Waals surface area contributed by atoms with Crippen molar-refractivity contribution in [1.82, 2.24) is 20.1 Å². The van der Waals surface area contributed by atoms with Gasteiger partial charge in [0.2, 0.25) is 5.88 Å². The van der Waals surface area contributed by atoms with Crippen LogP contribution >= 0.6 is 24.0 Å². The van der Waals surface area contributed by atoms with Gasteiger partial charge < -0.3 is 19.7 Å². The highest BCUT2D eigenvalue weighted by atomic mass is 127. The van der Waals surface area contributed by atoms with Gasteiger partial charge in [0.25, 0.3) is 0 Å². The highest BCUT2D eigenvalue weighted by Gasteiger charge is 2.41. The summed E-state index contributed by atoms with van der Waals surface area (Å²) in [4.78, 5) is 12.3. The van der Waals surface area contributed by atoms with Crippen LogP contribution in [0.4, 0.5) is 13.2 Å². The number of rotatable bonds is 8. The molecule has 1 fully saturated rings. The Bertz CT molecular complexity index is 638. The number of guanidine groups is 1. The van der Waals surface area contributed by atoms with Crippen molar-refractivity contribution in [3.63, 3.8) is 0 Å². The maximum atomic E-state index is 12.9. The lowest BCUT2D eigenvalue weighted by Gasteiger charge is -2.39. The molecular weight excluding hydrogens is 514 g/mol. The maximum Gasteiger partial charge on any atom is 0.403 e. The molecule has 0 aliphatic carbocycles. The van der Waals surface area contributed by atoms with Crippen molar-refractivity contribution in [1.29, 1.82) is 0 Å². The molecular formula is C19H31F3IN5O2. The van der Waals surface area contributed by atoms with Gasteiger partial charge in [-0.05, 0) is 19.4 Å². The van der Waals surface area contributed by atoms with E-state index in [9.17, 15) is 13.2 Å². The van der Waals surface area contributed by atoms with Gasteiger partial charge in [-0.1, -0.05) is 6.07 Å². The van der Waals surface area contributed by atoms with Gasteiger partial charge in [0, 0.05) is 52.1 Å². The van der Waals surface area contributed by atoms with E-state index in [-0.39, 0.29) is 24.0 Å². The van der Waals surface area contributed by atoms with E-state index in [0.717, 1.165) is 5.56 Å². The van der Waals surface area contributed by atoms with Crippen LogP contribution in [0, 0.1) is 0 Å². The molecule has 1 aliphatic heterocycles. The highest BCUT2D eigenvalue weighted by Crippen LogP contribution is 2.25. The van der Waals surface area contributed by atoms with Crippen LogP contribution in [0.15, 0.2) is 23.3 Å². The van der Waals surface area contributed by atoms with Crippen LogP contribution in [0.5, 0.6) is 5.88 Å². The number of hydrogen-bond acceptors (Lipinski definition) is 5. The predicted octanol–water partition coefficient (Wildman–Crippen LogP) is 2.76. The summed E-state index contributed by atoms with van der Waals surface area (Å²) in [6.45, 7) is 6.90. The van der Waals surface area contributed by atoms with Crippen molar-refractivity contribution in [2.24, 2.45) is 4.99 Å². The first-order chi connectivity index (χ1) is 13.8. The number of nitrogens with one attached hydrogen (secondary N) is 1. The number of ether oxygens (including phenoxy) is 2. The fourth-order valence-electron chi connectivity index (χ4n) is 2.94. The summed E-state index contributed by atoms with van der Waals surface area (Å²) in [6, 6.07) is 2.25. The molecule has 0 saturated carbocycles. The third kappa shape index (κ3) is 8.42. The summed E-state index contributed by atoms with van der Waals surface area (Å²) < 4.78 is 49.1.